The second-order valence-corrected chi connectivity index (χ2v) is 6.53. The number of para-hydroxylation sites is 1. The summed E-state index contributed by atoms with van der Waals surface area (Å²) in [6.45, 7) is 0.142. The Bertz CT molecular complexity index is 812. The number of thioether (sulfide) groups is 1. The lowest BCUT2D eigenvalue weighted by atomic mass is 10.0. The molecule has 0 bridgehead atoms. The monoisotopic (exact) mass is 350 g/mol. The quantitative estimate of drug-likeness (QED) is 0.491. The maximum atomic E-state index is 12.6. The van der Waals surface area contributed by atoms with Crippen LogP contribution in [0, 0.1) is 0 Å². The van der Waals surface area contributed by atoms with Crippen LogP contribution in [-0.4, -0.2) is 23.2 Å². The third-order valence-corrected chi connectivity index (χ3v) is 4.56. The molecule has 0 spiro atoms. The second-order valence-electron chi connectivity index (χ2n) is 5.37. The van der Waals surface area contributed by atoms with Crippen LogP contribution in [0.4, 0.5) is 0 Å². The zero-order chi connectivity index (χ0) is 17.5. The highest BCUT2D eigenvalue weighted by Crippen LogP contribution is 2.23. The fraction of sp³-hybridized carbons (Fsp3) is 0.0952. The lowest BCUT2D eigenvalue weighted by Crippen LogP contribution is -2.01. The molecule has 0 radical (unpaired) electrons. The van der Waals surface area contributed by atoms with Crippen LogP contribution in [-0.2, 0) is 0 Å². The van der Waals surface area contributed by atoms with Gasteiger partial charge < -0.3 is 9.84 Å². The average molecular weight is 350 g/mol. The summed E-state index contributed by atoms with van der Waals surface area (Å²) in [7, 11) is 0. The molecule has 3 rings (SSSR count). The fourth-order valence-corrected chi connectivity index (χ4v) is 2.99. The van der Waals surface area contributed by atoms with Gasteiger partial charge in [-0.1, -0.05) is 18.2 Å². The molecule has 3 nitrogen and oxygen atoms in total. The maximum Gasteiger partial charge on any atom is 0.193 e. The van der Waals surface area contributed by atoms with E-state index in [9.17, 15) is 4.79 Å². The van der Waals surface area contributed by atoms with E-state index in [1.165, 1.54) is 0 Å². The molecule has 0 unspecified atom stereocenters. The predicted octanol–water partition coefficient (Wildman–Crippen LogP) is 4.79. The number of carbonyl (C=O) groups is 1. The van der Waals surface area contributed by atoms with Gasteiger partial charge in [-0.2, -0.15) is 0 Å². The molecule has 0 aromatic heterocycles. The Morgan fingerprint density at radius 1 is 0.800 bits per heavy atom. The molecule has 0 fully saturated rings. The van der Waals surface area contributed by atoms with Crippen LogP contribution >= 0.6 is 11.8 Å². The van der Waals surface area contributed by atoms with Crippen molar-refractivity contribution in [2.75, 3.05) is 12.4 Å². The zero-order valence-electron chi connectivity index (χ0n) is 13.6. The van der Waals surface area contributed by atoms with E-state index in [4.69, 9.17) is 9.84 Å². The lowest BCUT2D eigenvalue weighted by molar-refractivity contribution is 0.103. The minimum Gasteiger partial charge on any atom is -0.457 e. The Hall–Kier alpha value is -2.56. The van der Waals surface area contributed by atoms with Gasteiger partial charge >= 0.3 is 0 Å². The van der Waals surface area contributed by atoms with Crippen molar-refractivity contribution in [3.63, 3.8) is 0 Å². The topological polar surface area (TPSA) is 46.5 Å². The van der Waals surface area contributed by atoms with Crippen molar-refractivity contribution in [3.05, 3.63) is 90.0 Å². The van der Waals surface area contributed by atoms with E-state index < -0.39 is 0 Å². The average Bonchev–Trinajstić information content (AvgIpc) is 2.68. The first-order chi connectivity index (χ1) is 12.3. The summed E-state index contributed by atoms with van der Waals surface area (Å²) in [5.41, 5.74) is 1.27. The molecule has 0 heterocycles. The molecule has 4 heteroatoms. The summed E-state index contributed by atoms with van der Waals surface area (Å²) in [6, 6.07) is 24.1. The van der Waals surface area contributed by atoms with E-state index in [1.54, 1.807) is 36.0 Å². The summed E-state index contributed by atoms with van der Waals surface area (Å²) < 4.78 is 5.74. The van der Waals surface area contributed by atoms with Crippen molar-refractivity contribution >= 4 is 17.5 Å². The van der Waals surface area contributed by atoms with Gasteiger partial charge in [-0.25, -0.2) is 0 Å². The third kappa shape index (κ3) is 4.72. The van der Waals surface area contributed by atoms with E-state index in [-0.39, 0.29) is 12.4 Å². The van der Waals surface area contributed by atoms with Gasteiger partial charge in [0.25, 0.3) is 0 Å². The second kappa shape index (κ2) is 8.51. The van der Waals surface area contributed by atoms with Crippen molar-refractivity contribution in [2.24, 2.45) is 0 Å². The van der Waals surface area contributed by atoms with Crippen molar-refractivity contribution in [3.8, 4) is 11.5 Å². The summed E-state index contributed by atoms with van der Waals surface area (Å²) >= 11 is 1.56. The molecule has 0 atom stereocenters. The number of benzene rings is 3. The number of aliphatic hydroxyl groups excluding tert-OH is 1. The number of aliphatic hydroxyl groups is 1. The first-order valence-electron chi connectivity index (χ1n) is 7.97. The van der Waals surface area contributed by atoms with E-state index >= 15 is 0 Å². The molecule has 3 aromatic carbocycles. The molecule has 0 aliphatic carbocycles. The highest BCUT2D eigenvalue weighted by Gasteiger charge is 2.09. The van der Waals surface area contributed by atoms with Crippen LogP contribution in [0.2, 0.25) is 0 Å². The van der Waals surface area contributed by atoms with Crippen molar-refractivity contribution in [1.29, 1.82) is 0 Å². The first-order valence-corrected chi connectivity index (χ1v) is 8.96. The van der Waals surface area contributed by atoms with Crippen LogP contribution in [0.1, 0.15) is 15.9 Å². The zero-order valence-corrected chi connectivity index (χ0v) is 14.4. The SMILES string of the molecule is O=C(c1ccc(Oc2ccccc2)cc1)c1ccc(SCCO)cc1. The molecule has 0 aliphatic rings. The predicted molar refractivity (Wildman–Crippen MR) is 101 cm³/mol. The molecule has 1 N–H and O–H groups in total. The third-order valence-electron chi connectivity index (χ3n) is 3.57. The molecule has 0 aliphatic heterocycles. The Balaban J connectivity index is 1.68. The van der Waals surface area contributed by atoms with Gasteiger partial charge in [-0.15, -0.1) is 11.8 Å². The first kappa shape index (κ1) is 17.3. The maximum absolute atomic E-state index is 12.6. The molecule has 0 saturated heterocycles. The molecule has 0 amide bonds. The van der Waals surface area contributed by atoms with E-state index in [2.05, 4.69) is 0 Å². The number of ether oxygens (including phenoxy) is 1. The summed E-state index contributed by atoms with van der Waals surface area (Å²) in [6.07, 6.45) is 0. The summed E-state index contributed by atoms with van der Waals surface area (Å²) in [5.74, 6) is 2.08. The molecule has 3 aromatic rings. The Kier molecular flexibility index (Phi) is 5.88. The van der Waals surface area contributed by atoms with Gasteiger partial charge in [0.1, 0.15) is 11.5 Å². The van der Waals surface area contributed by atoms with Crippen molar-refractivity contribution in [2.45, 2.75) is 4.90 Å². The summed E-state index contributed by atoms with van der Waals surface area (Å²) in [4.78, 5) is 13.6. The van der Waals surface area contributed by atoms with Gasteiger partial charge in [0, 0.05) is 21.8 Å². The van der Waals surface area contributed by atoms with Gasteiger partial charge in [0.05, 0.1) is 6.61 Å². The molecule has 0 saturated carbocycles. The van der Waals surface area contributed by atoms with E-state index in [1.807, 2.05) is 54.6 Å². The molecule has 126 valence electrons. The highest BCUT2D eigenvalue weighted by molar-refractivity contribution is 7.99. The summed E-state index contributed by atoms with van der Waals surface area (Å²) in [5, 5.41) is 8.85. The molecule has 25 heavy (non-hydrogen) atoms. The smallest absolute Gasteiger partial charge is 0.193 e. The number of ketones is 1. The molecular weight excluding hydrogens is 332 g/mol. The van der Waals surface area contributed by atoms with E-state index in [0.717, 1.165) is 10.6 Å². The Labute approximate surface area is 151 Å². The molecular formula is C21H18O3S. The Morgan fingerprint density at radius 2 is 1.36 bits per heavy atom. The van der Waals surface area contributed by atoms with Crippen LogP contribution in [0.5, 0.6) is 11.5 Å². The van der Waals surface area contributed by atoms with Gasteiger partial charge in [0.2, 0.25) is 0 Å². The van der Waals surface area contributed by atoms with Crippen LogP contribution in [0.3, 0.4) is 0 Å². The minimum atomic E-state index is -0.0232. The lowest BCUT2D eigenvalue weighted by Gasteiger charge is -2.07. The van der Waals surface area contributed by atoms with Crippen molar-refractivity contribution < 1.29 is 14.6 Å². The van der Waals surface area contributed by atoms with Gasteiger partial charge in [-0.3, -0.25) is 4.79 Å². The van der Waals surface area contributed by atoms with Gasteiger partial charge in [-0.05, 0) is 60.7 Å². The van der Waals surface area contributed by atoms with Gasteiger partial charge in [0.15, 0.2) is 5.78 Å². The minimum absolute atomic E-state index is 0.0232. The number of hydrogen-bond acceptors (Lipinski definition) is 4. The highest BCUT2D eigenvalue weighted by atomic mass is 32.2. The number of carbonyl (C=O) groups excluding carboxylic acids is 1. The van der Waals surface area contributed by atoms with Crippen LogP contribution in [0.15, 0.2) is 83.8 Å². The largest absolute Gasteiger partial charge is 0.457 e. The van der Waals surface area contributed by atoms with Crippen LogP contribution < -0.4 is 4.74 Å². The number of hydrogen-bond donors (Lipinski definition) is 1. The standard InChI is InChI=1S/C21H18O3S/c22-14-15-25-20-12-8-17(9-13-20)21(23)16-6-10-19(11-7-16)24-18-4-2-1-3-5-18/h1-13,22H,14-15H2. The van der Waals surface area contributed by atoms with Crippen molar-refractivity contribution in [1.82, 2.24) is 0 Å². The van der Waals surface area contributed by atoms with Crippen LogP contribution in [0.25, 0.3) is 0 Å². The fourth-order valence-electron chi connectivity index (χ4n) is 2.33. The van der Waals surface area contributed by atoms with E-state index in [0.29, 0.717) is 22.6 Å². The normalized spacial score (nSPS) is 10.4. The Morgan fingerprint density at radius 3 is 1.96 bits per heavy atom. The number of rotatable bonds is 7.